The van der Waals surface area contributed by atoms with E-state index in [1.165, 1.54) is 5.56 Å². The molecule has 0 radical (unpaired) electrons. The molecule has 2 heterocycles. The molecule has 2 atom stereocenters. The summed E-state index contributed by atoms with van der Waals surface area (Å²) < 4.78 is 10.7. The van der Waals surface area contributed by atoms with Gasteiger partial charge in [-0.25, -0.2) is 4.98 Å². The van der Waals surface area contributed by atoms with E-state index < -0.39 is 0 Å². The van der Waals surface area contributed by atoms with Crippen molar-refractivity contribution in [1.29, 1.82) is 0 Å². The zero-order valence-electron chi connectivity index (χ0n) is 15.0. The molecule has 6 nitrogen and oxygen atoms in total. The number of ether oxygens (including phenoxy) is 1. The topological polar surface area (TPSA) is 67.6 Å². The van der Waals surface area contributed by atoms with Crippen molar-refractivity contribution in [3.8, 4) is 0 Å². The first-order valence-corrected chi connectivity index (χ1v) is 8.66. The minimum absolute atomic E-state index is 0.0870. The molecule has 0 saturated heterocycles. The lowest BCUT2D eigenvalue weighted by Gasteiger charge is -2.31. The molecule has 1 N–H and O–H groups in total. The van der Waals surface area contributed by atoms with Crippen LogP contribution in [0.25, 0.3) is 0 Å². The quantitative estimate of drug-likeness (QED) is 0.873. The minimum atomic E-state index is -0.290. The standard InChI is InChI=1S/C19H25N3O3/c1-13(12-24-3)20-18(23)19-21-16-11-22(10-9-17(16)25-19)14(2)15-7-5-4-6-8-15/h4-8,13-14H,9-12H2,1-3H3,(H,20,23). The first kappa shape index (κ1) is 17.6. The number of rotatable bonds is 6. The number of hydrogen-bond donors (Lipinski definition) is 1. The second-order valence-electron chi connectivity index (χ2n) is 6.53. The Balaban J connectivity index is 1.68. The maximum absolute atomic E-state index is 12.2. The molecule has 1 aromatic heterocycles. The number of nitrogens with zero attached hydrogens (tertiary/aromatic N) is 2. The molecule has 134 valence electrons. The van der Waals surface area contributed by atoms with Gasteiger partial charge in [-0.05, 0) is 19.4 Å². The van der Waals surface area contributed by atoms with Gasteiger partial charge in [-0.2, -0.15) is 0 Å². The third-order valence-electron chi connectivity index (χ3n) is 4.58. The zero-order chi connectivity index (χ0) is 17.8. The van der Waals surface area contributed by atoms with Crippen molar-refractivity contribution < 1.29 is 13.9 Å². The number of fused-ring (bicyclic) bond motifs is 1. The molecule has 2 unspecified atom stereocenters. The van der Waals surface area contributed by atoms with Gasteiger partial charge in [0.15, 0.2) is 0 Å². The average Bonchev–Trinajstić information content (AvgIpc) is 3.05. The Bertz CT molecular complexity index is 714. The number of amides is 1. The van der Waals surface area contributed by atoms with E-state index in [2.05, 4.69) is 46.4 Å². The summed E-state index contributed by atoms with van der Waals surface area (Å²) in [5.74, 6) is 0.671. The third-order valence-corrected chi connectivity index (χ3v) is 4.58. The molecular formula is C19H25N3O3. The van der Waals surface area contributed by atoms with Crippen molar-refractivity contribution in [2.24, 2.45) is 0 Å². The normalized spacial score (nSPS) is 16.9. The summed E-state index contributed by atoms with van der Waals surface area (Å²) in [4.78, 5) is 19.0. The summed E-state index contributed by atoms with van der Waals surface area (Å²) >= 11 is 0. The molecule has 2 aromatic rings. The summed E-state index contributed by atoms with van der Waals surface area (Å²) in [5.41, 5.74) is 2.14. The lowest BCUT2D eigenvalue weighted by molar-refractivity contribution is 0.0869. The molecule has 1 aromatic carbocycles. The van der Waals surface area contributed by atoms with Crippen LogP contribution in [0.3, 0.4) is 0 Å². The van der Waals surface area contributed by atoms with E-state index in [0.717, 1.165) is 24.4 Å². The molecule has 25 heavy (non-hydrogen) atoms. The van der Waals surface area contributed by atoms with Crippen LogP contribution in [0, 0.1) is 0 Å². The van der Waals surface area contributed by atoms with E-state index in [-0.39, 0.29) is 17.8 Å². The van der Waals surface area contributed by atoms with Crippen LogP contribution in [-0.2, 0) is 17.7 Å². The zero-order valence-corrected chi connectivity index (χ0v) is 15.0. The lowest BCUT2D eigenvalue weighted by Crippen LogP contribution is -2.35. The van der Waals surface area contributed by atoms with E-state index >= 15 is 0 Å². The van der Waals surface area contributed by atoms with Gasteiger partial charge in [-0.1, -0.05) is 30.3 Å². The van der Waals surface area contributed by atoms with E-state index in [0.29, 0.717) is 19.2 Å². The van der Waals surface area contributed by atoms with Gasteiger partial charge in [-0.3, -0.25) is 9.69 Å². The summed E-state index contributed by atoms with van der Waals surface area (Å²) in [6.45, 7) is 6.11. The number of oxazole rings is 1. The molecule has 0 aliphatic carbocycles. The summed E-state index contributed by atoms with van der Waals surface area (Å²) in [7, 11) is 1.61. The molecule has 0 spiro atoms. The number of carbonyl (C=O) groups is 1. The Kier molecular flexibility index (Phi) is 5.50. The Morgan fingerprint density at radius 2 is 2.12 bits per heavy atom. The van der Waals surface area contributed by atoms with Crippen molar-refractivity contribution >= 4 is 5.91 Å². The smallest absolute Gasteiger partial charge is 0.307 e. The fourth-order valence-corrected chi connectivity index (χ4v) is 3.17. The highest BCUT2D eigenvalue weighted by molar-refractivity contribution is 5.89. The summed E-state index contributed by atoms with van der Waals surface area (Å²) in [6, 6.07) is 10.6. The molecule has 3 rings (SSSR count). The van der Waals surface area contributed by atoms with Gasteiger partial charge < -0.3 is 14.5 Å². The van der Waals surface area contributed by atoms with Crippen LogP contribution in [0.15, 0.2) is 34.7 Å². The summed E-state index contributed by atoms with van der Waals surface area (Å²) in [5, 5.41) is 2.83. The fraction of sp³-hybridized carbons (Fsp3) is 0.474. The Hall–Kier alpha value is -2.18. The van der Waals surface area contributed by atoms with Gasteiger partial charge in [0.25, 0.3) is 5.89 Å². The highest BCUT2D eigenvalue weighted by Gasteiger charge is 2.27. The van der Waals surface area contributed by atoms with Crippen LogP contribution in [0.1, 0.15) is 47.6 Å². The van der Waals surface area contributed by atoms with E-state index in [1.54, 1.807) is 7.11 Å². The van der Waals surface area contributed by atoms with E-state index in [9.17, 15) is 4.79 Å². The Morgan fingerprint density at radius 1 is 1.36 bits per heavy atom. The Labute approximate surface area is 148 Å². The third kappa shape index (κ3) is 4.08. The monoisotopic (exact) mass is 343 g/mol. The SMILES string of the molecule is COCC(C)NC(=O)c1nc2c(o1)CCN(C(C)c1ccccc1)C2. The predicted octanol–water partition coefficient (Wildman–Crippen LogP) is 2.56. The van der Waals surface area contributed by atoms with Crippen molar-refractivity contribution in [2.45, 2.75) is 38.9 Å². The molecule has 1 aliphatic rings. The number of nitrogens with one attached hydrogen (secondary N) is 1. The lowest BCUT2D eigenvalue weighted by atomic mass is 10.0. The molecule has 6 heteroatoms. The number of carbonyl (C=O) groups excluding carboxylic acids is 1. The first-order chi connectivity index (χ1) is 12.1. The van der Waals surface area contributed by atoms with Crippen LogP contribution in [0.4, 0.5) is 0 Å². The summed E-state index contributed by atoms with van der Waals surface area (Å²) in [6.07, 6.45) is 0.764. The van der Waals surface area contributed by atoms with Crippen molar-refractivity contribution in [3.63, 3.8) is 0 Å². The van der Waals surface area contributed by atoms with Gasteiger partial charge in [0.2, 0.25) is 0 Å². The number of hydrogen-bond acceptors (Lipinski definition) is 5. The highest BCUT2D eigenvalue weighted by Crippen LogP contribution is 2.27. The second kappa shape index (κ2) is 7.80. The Morgan fingerprint density at radius 3 is 2.84 bits per heavy atom. The largest absolute Gasteiger partial charge is 0.437 e. The van der Waals surface area contributed by atoms with Gasteiger partial charge in [0.1, 0.15) is 5.76 Å². The number of methoxy groups -OCH3 is 1. The molecular weight excluding hydrogens is 318 g/mol. The van der Waals surface area contributed by atoms with Gasteiger partial charge in [0, 0.05) is 38.7 Å². The second-order valence-corrected chi connectivity index (χ2v) is 6.53. The average molecular weight is 343 g/mol. The minimum Gasteiger partial charge on any atom is -0.437 e. The van der Waals surface area contributed by atoms with Crippen LogP contribution in [-0.4, -0.2) is 42.1 Å². The fourth-order valence-electron chi connectivity index (χ4n) is 3.17. The molecule has 0 bridgehead atoms. The van der Waals surface area contributed by atoms with Crippen LogP contribution >= 0.6 is 0 Å². The van der Waals surface area contributed by atoms with Crippen LogP contribution in [0.5, 0.6) is 0 Å². The van der Waals surface area contributed by atoms with Gasteiger partial charge in [-0.15, -0.1) is 0 Å². The molecule has 1 aliphatic heterocycles. The molecule has 0 saturated carbocycles. The predicted molar refractivity (Wildman–Crippen MR) is 94.3 cm³/mol. The maximum atomic E-state index is 12.2. The first-order valence-electron chi connectivity index (χ1n) is 8.66. The highest BCUT2D eigenvalue weighted by atomic mass is 16.5. The van der Waals surface area contributed by atoms with E-state index in [4.69, 9.17) is 9.15 Å². The maximum Gasteiger partial charge on any atom is 0.307 e. The van der Waals surface area contributed by atoms with Crippen molar-refractivity contribution in [1.82, 2.24) is 15.2 Å². The van der Waals surface area contributed by atoms with Crippen LogP contribution in [0.2, 0.25) is 0 Å². The number of benzene rings is 1. The molecule has 1 amide bonds. The van der Waals surface area contributed by atoms with E-state index in [1.807, 2.05) is 13.0 Å². The van der Waals surface area contributed by atoms with Crippen molar-refractivity contribution in [3.05, 3.63) is 53.2 Å². The van der Waals surface area contributed by atoms with Crippen LogP contribution < -0.4 is 5.32 Å². The van der Waals surface area contributed by atoms with Gasteiger partial charge in [0.05, 0.1) is 12.3 Å². The van der Waals surface area contributed by atoms with Crippen molar-refractivity contribution in [2.75, 3.05) is 20.3 Å². The molecule has 0 fully saturated rings. The number of aromatic nitrogens is 1. The van der Waals surface area contributed by atoms with Gasteiger partial charge >= 0.3 is 5.91 Å².